The topological polar surface area (TPSA) is 71.3 Å². The van der Waals surface area contributed by atoms with Gasteiger partial charge < -0.3 is 15.1 Å². The monoisotopic (exact) mass is 356 g/mol. The lowest BCUT2D eigenvalue weighted by Crippen LogP contribution is -2.30. The van der Waals surface area contributed by atoms with Gasteiger partial charge >= 0.3 is 0 Å². The van der Waals surface area contributed by atoms with Crippen molar-refractivity contribution in [3.63, 3.8) is 0 Å². The normalized spacial score (nSPS) is 10.2. The van der Waals surface area contributed by atoms with Crippen LogP contribution in [-0.4, -0.2) is 18.4 Å². The molecule has 0 aliphatic rings. The van der Waals surface area contributed by atoms with E-state index in [9.17, 15) is 9.59 Å². The summed E-state index contributed by atoms with van der Waals surface area (Å²) in [6, 6.07) is 7.11. The highest BCUT2D eigenvalue weighted by Gasteiger charge is 2.10. The van der Waals surface area contributed by atoms with E-state index in [1.54, 1.807) is 23.5 Å². The second-order valence-electron chi connectivity index (χ2n) is 3.97. The van der Waals surface area contributed by atoms with Gasteiger partial charge in [0.2, 0.25) is 5.91 Å². The summed E-state index contributed by atoms with van der Waals surface area (Å²) in [4.78, 5) is 24.3. The molecular formula is C13H13BrN2O3S. The van der Waals surface area contributed by atoms with Crippen LogP contribution in [0.1, 0.15) is 21.9 Å². The predicted octanol–water partition coefficient (Wildman–Crippen LogP) is 2.54. The molecule has 2 rings (SSSR count). The van der Waals surface area contributed by atoms with Gasteiger partial charge in [-0.25, -0.2) is 0 Å². The van der Waals surface area contributed by atoms with E-state index in [0.717, 1.165) is 4.88 Å². The Morgan fingerprint density at radius 2 is 2.10 bits per heavy atom. The molecule has 0 aliphatic carbocycles. The van der Waals surface area contributed by atoms with Gasteiger partial charge in [-0.1, -0.05) is 6.07 Å². The van der Waals surface area contributed by atoms with Gasteiger partial charge in [0.1, 0.15) is 0 Å². The van der Waals surface area contributed by atoms with Crippen LogP contribution in [0.4, 0.5) is 0 Å². The predicted molar refractivity (Wildman–Crippen MR) is 79.5 cm³/mol. The van der Waals surface area contributed by atoms with Crippen LogP contribution in [-0.2, 0) is 11.3 Å². The average molecular weight is 357 g/mol. The van der Waals surface area contributed by atoms with E-state index in [0.29, 0.717) is 11.2 Å². The van der Waals surface area contributed by atoms with Crippen molar-refractivity contribution >= 4 is 39.1 Å². The molecule has 106 valence electrons. The minimum atomic E-state index is -0.332. The first-order chi connectivity index (χ1) is 9.65. The van der Waals surface area contributed by atoms with Crippen LogP contribution in [0.25, 0.3) is 0 Å². The molecule has 0 atom stereocenters. The van der Waals surface area contributed by atoms with Gasteiger partial charge in [0.15, 0.2) is 10.4 Å². The van der Waals surface area contributed by atoms with Crippen molar-refractivity contribution in [2.24, 2.45) is 0 Å². The molecular weight excluding hydrogens is 344 g/mol. The van der Waals surface area contributed by atoms with E-state index in [-0.39, 0.29) is 30.5 Å². The number of furan rings is 1. The molecule has 0 saturated heterocycles. The third-order valence-electron chi connectivity index (χ3n) is 2.47. The van der Waals surface area contributed by atoms with Crippen LogP contribution < -0.4 is 10.6 Å². The number of carbonyl (C=O) groups excluding carboxylic acids is 2. The zero-order valence-corrected chi connectivity index (χ0v) is 12.9. The fourth-order valence-electron chi connectivity index (χ4n) is 1.50. The van der Waals surface area contributed by atoms with Gasteiger partial charge in [0.05, 0.1) is 6.54 Å². The molecule has 0 aromatic carbocycles. The fraction of sp³-hybridized carbons (Fsp3) is 0.231. The molecule has 2 heterocycles. The summed E-state index contributed by atoms with van der Waals surface area (Å²) in [6.45, 7) is 0.795. The first-order valence-corrected chi connectivity index (χ1v) is 7.65. The van der Waals surface area contributed by atoms with Crippen LogP contribution in [0.15, 0.2) is 38.7 Å². The van der Waals surface area contributed by atoms with Gasteiger partial charge in [0, 0.05) is 17.8 Å². The lowest BCUT2D eigenvalue weighted by atomic mass is 10.3. The van der Waals surface area contributed by atoms with Crippen molar-refractivity contribution in [3.05, 3.63) is 45.0 Å². The highest BCUT2D eigenvalue weighted by Crippen LogP contribution is 2.13. The second-order valence-corrected chi connectivity index (χ2v) is 5.78. The lowest BCUT2D eigenvalue weighted by molar-refractivity contribution is -0.121. The fourth-order valence-corrected chi connectivity index (χ4v) is 2.45. The molecule has 2 aromatic heterocycles. The summed E-state index contributed by atoms with van der Waals surface area (Å²) in [7, 11) is 0. The first-order valence-electron chi connectivity index (χ1n) is 5.98. The maximum atomic E-state index is 11.6. The summed E-state index contributed by atoms with van der Waals surface area (Å²) >= 11 is 4.71. The molecule has 20 heavy (non-hydrogen) atoms. The number of rotatable bonds is 6. The summed E-state index contributed by atoms with van der Waals surface area (Å²) < 4.78 is 5.60. The lowest BCUT2D eigenvalue weighted by Gasteiger charge is -2.04. The summed E-state index contributed by atoms with van der Waals surface area (Å²) in [5.41, 5.74) is 0. The van der Waals surface area contributed by atoms with Crippen molar-refractivity contribution in [3.8, 4) is 0 Å². The summed E-state index contributed by atoms with van der Waals surface area (Å²) in [6.07, 6.45) is 0.235. The number of nitrogens with one attached hydrogen (secondary N) is 2. The standard InChI is InChI=1S/C13H13BrN2O3S/c14-11-4-3-10(19-11)13(18)15-6-5-12(17)16-8-9-2-1-7-20-9/h1-4,7H,5-6,8H2,(H,15,18)(H,16,17). The van der Waals surface area contributed by atoms with Crippen molar-refractivity contribution in [1.82, 2.24) is 10.6 Å². The first kappa shape index (κ1) is 14.8. The maximum Gasteiger partial charge on any atom is 0.287 e. The van der Waals surface area contributed by atoms with Crippen LogP contribution in [0.5, 0.6) is 0 Å². The Hall–Kier alpha value is -1.60. The number of thiophene rings is 1. The number of hydrogen-bond acceptors (Lipinski definition) is 4. The third-order valence-corrected chi connectivity index (χ3v) is 3.78. The molecule has 0 fully saturated rings. The Balaban J connectivity index is 1.65. The minimum Gasteiger partial charge on any atom is -0.444 e. The Bertz CT molecular complexity index is 580. The van der Waals surface area contributed by atoms with E-state index in [1.807, 2.05) is 17.5 Å². The molecule has 2 amide bonds. The molecule has 2 N–H and O–H groups in total. The molecule has 0 saturated carbocycles. The smallest absolute Gasteiger partial charge is 0.287 e. The molecule has 0 aliphatic heterocycles. The third kappa shape index (κ3) is 4.50. The number of halogens is 1. The maximum absolute atomic E-state index is 11.6. The van der Waals surface area contributed by atoms with Gasteiger partial charge in [-0.15, -0.1) is 11.3 Å². The zero-order chi connectivity index (χ0) is 14.4. The average Bonchev–Trinajstić information content (AvgIpc) is 3.07. The molecule has 2 aromatic rings. The Labute approximate surface area is 128 Å². The number of carbonyl (C=O) groups is 2. The SMILES string of the molecule is O=C(CCNC(=O)c1ccc(Br)o1)NCc1cccs1. The minimum absolute atomic E-state index is 0.0978. The molecule has 0 bridgehead atoms. The van der Waals surface area contributed by atoms with Gasteiger partial charge in [-0.2, -0.15) is 0 Å². The van der Waals surface area contributed by atoms with E-state index in [2.05, 4.69) is 26.6 Å². The van der Waals surface area contributed by atoms with Crippen LogP contribution >= 0.6 is 27.3 Å². The quantitative estimate of drug-likeness (QED) is 0.835. The molecule has 7 heteroatoms. The molecule has 0 spiro atoms. The van der Waals surface area contributed by atoms with Crippen molar-refractivity contribution < 1.29 is 14.0 Å². The Morgan fingerprint density at radius 3 is 2.75 bits per heavy atom. The van der Waals surface area contributed by atoms with Crippen molar-refractivity contribution in [1.29, 1.82) is 0 Å². The molecule has 0 unspecified atom stereocenters. The van der Waals surface area contributed by atoms with Gasteiger partial charge in [-0.05, 0) is 39.5 Å². The number of hydrogen-bond donors (Lipinski definition) is 2. The Morgan fingerprint density at radius 1 is 1.25 bits per heavy atom. The van der Waals surface area contributed by atoms with Crippen molar-refractivity contribution in [2.45, 2.75) is 13.0 Å². The van der Waals surface area contributed by atoms with Crippen LogP contribution in [0.3, 0.4) is 0 Å². The van der Waals surface area contributed by atoms with Crippen molar-refractivity contribution in [2.75, 3.05) is 6.54 Å². The second kappa shape index (κ2) is 7.25. The highest BCUT2D eigenvalue weighted by atomic mass is 79.9. The summed E-state index contributed by atoms with van der Waals surface area (Å²) in [5.74, 6) is -0.211. The molecule has 0 radical (unpaired) electrons. The van der Waals surface area contributed by atoms with Gasteiger partial charge in [0.25, 0.3) is 5.91 Å². The highest BCUT2D eigenvalue weighted by molar-refractivity contribution is 9.10. The van der Waals surface area contributed by atoms with E-state index < -0.39 is 0 Å². The van der Waals surface area contributed by atoms with E-state index >= 15 is 0 Å². The van der Waals surface area contributed by atoms with E-state index in [1.165, 1.54) is 0 Å². The van der Waals surface area contributed by atoms with Gasteiger partial charge in [-0.3, -0.25) is 9.59 Å². The Kier molecular flexibility index (Phi) is 5.37. The zero-order valence-electron chi connectivity index (χ0n) is 10.5. The molecule has 5 nitrogen and oxygen atoms in total. The van der Waals surface area contributed by atoms with Crippen LogP contribution in [0.2, 0.25) is 0 Å². The van der Waals surface area contributed by atoms with Crippen LogP contribution in [0, 0.1) is 0 Å². The van der Waals surface area contributed by atoms with E-state index in [4.69, 9.17) is 4.42 Å². The largest absolute Gasteiger partial charge is 0.444 e. The number of amides is 2. The summed E-state index contributed by atoms with van der Waals surface area (Å²) in [5, 5.41) is 7.38.